The third-order valence-electron chi connectivity index (χ3n) is 2.66. The van der Waals surface area contributed by atoms with Crippen molar-refractivity contribution in [1.29, 1.82) is 0 Å². The van der Waals surface area contributed by atoms with Crippen molar-refractivity contribution in [3.05, 3.63) is 23.8 Å². The first kappa shape index (κ1) is 11.9. The number of nitrogens with two attached hydrogens (primary N) is 1. The van der Waals surface area contributed by atoms with E-state index in [4.69, 9.17) is 5.73 Å². The van der Waals surface area contributed by atoms with Gasteiger partial charge in [-0.2, -0.15) is 0 Å². The number of hydrogen-bond donors (Lipinski definition) is 2. The topological polar surface area (TPSA) is 49.5 Å². The second kappa shape index (κ2) is 5.03. The van der Waals surface area contributed by atoms with Crippen LogP contribution in [0.4, 0.5) is 5.69 Å². The number of aromatic hydroxyl groups is 1. The Bertz CT molecular complexity index is 323. The van der Waals surface area contributed by atoms with Gasteiger partial charge in [0.1, 0.15) is 5.75 Å². The summed E-state index contributed by atoms with van der Waals surface area (Å²) < 4.78 is 0. The van der Waals surface area contributed by atoms with Crippen LogP contribution < -0.4 is 10.6 Å². The molecule has 1 aromatic carbocycles. The summed E-state index contributed by atoms with van der Waals surface area (Å²) >= 11 is 0. The molecule has 1 unspecified atom stereocenters. The van der Waals surface area contributed by atoms with E-state index in [0.717, 1.165) is 17.7 Å². The molecule has 15 heavy (non-hydrogen) atoms. The van der Waals surface area contributed by atoms with E-state index in [9.17, 15) is 5.11 Å². The monoisotopic (exact) mass is 208 g/mol. The Hall–Kier alpha value is -1.22. The van der Waals surface area contributed by atoms with Crippen molar-refractivity contribution >= 4 is 5.69 Å². The molecule has 0 aliphatic rings. The summed E-state index contributed by atoms with van der Waals surface area (Å²) in [6.45, 7) is 2.73. The quantitative estimate of drug-likeness (QED) is 0.794. The molecule has 0 radical (unpaired) electrons. The van der Waals surface area contributed by atoms with Gasteiger partial charge < -0.3 is 15.7 Å². The maximum absolute atomic E-state index is 9.75. The van der Waals surface area contributed by atoms with Gasteiger partial charge in [0.25, 0.3) is 0 Å². The molecule has 0 amide bonds. The number of nitrogens with zero attached hydrogens (tertiary/aromatic N) is 1. The van der Waals surface area contributed by atoms with Crippen molar-refractivity contribution in [3.8, 4) is 5.75 Å². The SMILES string of the molecule is CC(CCN)c1cc(N(C)C)ccc1O. The van der Waals surface area contributed by atoms with Crippen LogP contribution in [0.2, 0.25) is 0 Å². The second-order valence-electron chi connectivity index (χ2n) is 4.12. The number of anilines is 1. The second-order valence-corrected chi connectivity index (χ2v) is 4.12. The van der Waals surface area contributed by atoms with Gasteiger partial charge in [0.2, 0.25) is 0 Å². The first-order valence-electron chi connectivity index (χ1n) is 5.26. The Labute approximate surface area is 91.5 Å². The standard InChI is InChI=1S/C12H20N2O/c1-9(6-7-13)11-8-10(14(2)3)4-5-12(11)15/h4-5,8-9,15H,6-7,13H2,1-3H3. The summed E-state index contributed by atoms with van der Waals surface area (Å²) in [7, 11) is 3.98. The van der Waals surface area contributed by atoms with Gasteiger partial charge in [-0.3, -0.25) is 0 Å². The van der Waals surface area contributed by atoms with Gasteiger partial charge in [-0.25, -0.2) is 0 Å². The Balaban J connectivity index is 2.99. The van der Waals surface area contributed by atoms with E-state index in [1.54, 1.807) is 6.07 Å². The molecule has 3 nitrogen and oxygen atoms in total. The van der Waals surface area contributed by atoms with Gasteiger partial charge in [-0.15, -0.1) is 0 Å². The molecule has 1 atom stereocenters. The van der Waals surface area contributed by atoms with Gasteiger partial charge in [0.15, 0.2) is 0 Å². The summed E-state index contributed by atoms with van der Waals surface area (Å²) in [6, 6.07) is 5.68. The zero-order valence-electron chi connectivity index (χ0n) is 9.70. The lowest BCUT2D eigenvalue weighted by molar-refractivity contribution is 0.461. The Kier molecular flexibility index (Phi) is 3.97. The van der Waals surface area contributed by atoms with Crippen molar-refractivity contribution < 1.29 is 5.11 Å². The van der Waals surface area contributed by atoms with Crippen molar-refractivity contribution in [3.63, 3.8) is 0 Å². The minimum Gasteiger partial charge on any atom is -0.508 e. The van der Waals surface area contributed by atoms with Gasteiger partial charge in [-0.05, 0) is 42.6 Å². The molecule has 3 N–H and O–H groups in total. The molecule has 0 bridgehead atoms. The zero-order valence-corrected chi connectivity index (χ0v) is 9.70. The molecule has 0 fully saturated rings. The average Bonchev–Trinajstić information content (AvgIpc) is 2.18. The Morgan fingerprint density at radius 1 is 1.40 bits per heavy atom. The molecular weight excluding hydrogens is 188 g/mol. The molecule has 1 rings (SSSR count). The van der Waals surface area contributed by atoms with Gasteiger partial charge in [-0.1, -0.05) is 6.92 Å². The molecule has 0 spiro atoms. The maximum atomic E-state index is 9.75. The normalized spacial score (nSPS) is 12.5. The van der Waals surface area contributed by atoms with E-state index in [1.807, 2.05) is 31.1 Å². The number of phenolic OH excluding ortho intramolecular Hbond substituents is 1. The average molecular weight is 208 g/mol. The fraction of sp³-hybridized carbons (Fsp3) is 0.500. The Morgan fingerprint density at radius 2 is 2.07 bits per heavy atom. The minimum absolute atomic E-state index is 0.301. The van der Waals surface area contributed by atoms with Crippen LogP contribution in [-0.4, -0.2) is 25.7 Å². The van der Waals surface area contributed by atoms with E-state index >= 15 is 0 Å². The smallest absolute Gasteiger partial charge is 0.119 e. The number of rotatable bonds is 4. The van der Waals surface area contributed by atoms with Gasteiger partial charge >= 0.3 is 0 Å². The highest BCUT2D eigenvalue weighted by Crippen LogP contribution is 2.30. The lowest BCUT2D eigenvalue weighted by Gasteiger charge is -2.18. The number of hydrogen-bond acceptors (Lipinski definition) is 3. The molecular formula is C12H20N2O. The van der Waals surface area contributed by atoms with E-state index in [1.165, 1.54) is 0 Å². The molecule has 1 aromatic rings. The van der Waals surface area contributed by atoms with Crippen molar-refractivity contribution in [2.75, 3.05) is 25.5 Å². The van der Waals surface area contributed by atoms with Crippen LogP contribution in [0.5, 0.6) is 5.75 Å². The number of benzene rings is 1. The van der Waals surface area contributed by atoms with Crippen LogP contribution in [0.25, 0.3) is 0 Å². The highest BCUT2D eigenvalue weighted by molar-refractivity contribution is 5.52. The first-order valence-corrected chi connectivity index (χ1v) is 5.26. The molecule has 0 heterocycles. The van der Waals surface area contributed by atoms with Crippen LogP contribution >= 0.6 is 0 Å². The molecule has 0 saturated heterocycles. The van der Waals surface area contributed by atoms with Crippen LogP contribution in [-0.2, 0) is 0 Å². The molecule has 84 valence electrons. The van der Waals surface area contributed by atoms with Gasteiger partial charge in [0.05, 0.1) is 0 Å². The lowest BCUT2D eigenvalue weighted by atomic mass is 9.96. The molecule has 0 saturated carbocycles. The van der Waals surface area contributed by atoms with Crippen molar-refractivity contribution in [1.82, 2.24) is 0 Å². The molecule has 0 aliphatic carbocycles. The third kappa shape index (κ3) is 2.86. The minimum atomic E-state index is 0.301. The predicted octanol–water partition coefficient (Wildman–Crippen LogP) is 1.91. The van der Waals surface area contributed by atoms with E-state index < -0.39 is 0 Å². The summed E-state index contributed by atoms with van der Waals surface area (Å²) in [6.07, 6.45) is 0.893. The highest BCUT2D eigenvalue weighted by atomic mass is 16.3. The summed E-state index contributed by atoms with van der Waals surface area (Å²) in [5.74, 6) is 0.663. The molecule has 0 aliphatic heterocycles. The van der Waals surface area contributed by atoms with Crippen LogP contribution in [0.1, 0.15) is 24.8 Å². The summed E-state index contributed by atoms with van der Waals surface area (Å²) in [5, 5.41) is 9.75. The number of phenols is 1. The third-order valence-corrected chi connectivity index (χ3v) is 2.66. The fourth-order valence-electron chi connectivity index (χ4n) is 1.62. The zero-order chi connectivity index (χ0) is 11.4. The Morgan fingerprint density at radius 3 is 2.60 bits per heavy atom. The van der Waals surface area contributed by atoms with Crippen LogP contribution in [0, 0.1) is 0 Å². The highest BCUT2D eigenvalue weighted by Gasteiger charge is 2.10. The van der Waals surface area contributed by atoms with Crippen molar-refractivity contribution in [2.45, 2.75) is 19.3 Å². The van der Waals surface area contributed by atoms with Crippen molar-refractivity contribution in [2.24, 2.45) is 5.73 Å². The predicted molar refractivity (Wildman–Crippen MR) is 64.5 cm³/mol. The van der Waals surface area contributed by atoms with Crippen LogP contribution in [0.3, 0.4) is 0 Å². The fourth-order valence-corrected chi connectivity index (χ4v) is 1.62. The molecule has 0 aromatic heterocycles. The summed E-state index contributed by atoms with van der Waals surface area (Å²) in [4.78, 5) is 2.03. The molecule has 3 heteroatoms. The lowest BCUT2D eigenvalue weighted by Crippen LogP contribution is -2.10. The van der Waals surface area contributed by atoms with Gasteiger partial charge in [0, 0.05) is 19.8 Å². The van der Waals surface area contributed by atoms with E-state index in [2.05, 4.69) is 6.92 Å². The summed E-state index contributed by atoms with van der Waals surface area (Å²) in [5.41, 5.74) is 7.60. The van der Waals surface area contributed by atoms with Crippen LogP contribution in [0.15, 0.2) is 18.2 Å². The van der Waals surface area contributed by atoms with E-state index in [-0.39, 0.29) is 0 Å². The van der Waals surface area contributed by atoms with E-state index in [0.29, 0.717) is 18.2 Å². The maximum Gasteiger partial charge on any atom is 0.119 e. The first-order chi connectivity index (χ1) is 7.06. The largest absolute Gasteiger partial charge is 0.508 e.